The van der Waals surface area contributed by atoms with Crippen LogP contribution in [0.4, 0.5) is 0 Å². The minimum atomic E-state index is -0.521. The van der Waals surface area contributed by atoms with Gasteiger partial charge in [0.25, 0.3) is 0 Å². The second-order valence-corrected chi connectivity index (χ2v) is 15.3. The van der Waals surface area contributed by atoms with Crippen molar-refractivity contribution in [1.29, 1.82) is 0 Å². The van der Waals surface area contributed by atoms with Crippen LogP contribution >= 0.6 is 0 Å². The van der Waals surface area contributed by atoms with Gasteiger partial charge in [0.1, 0.15) is 0 Å². The smallest absolute Gasteiger partial charge is 0.0847 e. The summed E-state index contributed by atoms with van der Waals surface area (Å²) in [4.78, 5) is 19.1. The molecule has 0 aliphatic carbocycles. The second-order valence-electron chi connectivity index (χ2n) is 15.3. The quantitative estimate of drug-likeness (QED) is 0.0948. The molecule has 6 N–H and O–H groups in total. The Hall–Kier alpha value is -6.28. The summed E-state index contributed by atoms with van der Waals surface area (Å²) in [6.07, 6.45) is 46.0. The van der Waals surface area contributed by atoms with E-state index in [4.69, 9.17) is 9.97 Å². The molecule has 56 heavy (non-hydrogen) atoms. The van der Waals surface area contributed by atoms with E-state index in [1.807, 2.05) is 24.7 Å². The number of H-pyrrole nitrogens is 2. The molecule has 0 spiro atoms. The summed E-state index contributed by atoms with van der Waals surface area (Å²) in [5, 5.41) is 15.0. The van der Waals surface area contributed by atoms with Crippen LogP contribution in [-0.2, 0) is 22.2 Å². The van der Waals surface area contributed by atoms with Crippen LogP contribution in [0.25, 0.3) is 46.4 Å². The third-order valence-electron chi connectivity index (χ3n) is 12.5. The molecule has 9 rings (SSSR count). The van der Waals surface area contributed by atoms with Crippen LogP contribution in [-0.4, -0.2) is 19.9 Å². The molecule has 8 nitrogen and oxygen atoms in total. The van der Waals surface area contributed by atoms with Crippen molar-refractivity contribution in [2.75, 3.05) is 0 Å². The molecule has 8 bridgehead atoms. The van der Waals surface area contributed by atoms with Crippen LogP contribution in [0, 0.1) is 0 Å². The predicted molar refractivity (Wildman–Crippen MR) is 232 cm³/mol. The first-order valence-electron chi connectivity index (χ1n) is 20.1. The fourth-order valence-electron chi connectivity index (χ4n) is 9.37. The maximum Gasteiger partial charge on any atom is 0.0847 e. The standard InChI is InChI=1S/C48H50N8/c1-5-45(25-9-13-29-49-45)41-33-17-19-35(53-33)42(46(6-2)26-10-14-30-50-46)37-21-23-39(55-37)44(48(8-4)28-12-16-32-52-48)40-24-22-38(56-40)43(36-20-18-34(41)54-36)47(7-3)27-11-15-31-51-47/h9-32,49-54H,5-8H2,1-4H3. The van der Waals surface area contributed by atoms with Gasteiger partial charge < -0.3 is 31.2 Å². The Morgan fingerprint density at radius 1 is 0.375 bits per heavy atom. The van der Waals surface area contributed by atoms with Crippen LogP contribution in [0.2, 0.25) is 0 Å². The lowest BCUT2D eigenvalue weighted by Crippen LogP contribution is -2.39. The van der Waals surface area contributed by atoms with E-state index < -0.39 is 22.2 Å². The molecule has 0 saturated heterocycles. The molecule has 3 aromatic rings. The van der Waals surface area contributed by atoms with Gasteiger partial charge in [-0.1, -0.05) is 76.3 Å². The van der Waals surface area contributed by atoms with Crippen LogP contribution in [0.3, 0.4) is 0 Å². The van der Waals surface area contributed by atoms with E-state index in [1.165, 1.54) is 0 Å². The monoisotopic (exact) mass is 738 g/mol. The van der Waals surface area contributed by atoms with Gasteiger partial charge in [-0.3, -0.25) is 0 Å². The third-order valence-corrected chi connectivity index (χ3v) is 12.5. The molecule has 0 saturated carbocycles. The number of aromatic amines is 2. The number of hydrogen-bond acceptors (Lipinski definition) is 6. The average Bonchev–Trinajstić information content (AvgIpc) is 4.10. The highest BCUT2D eigenvalue weighted by atomic mass is 15.0. The Labute approximate surface area is 329 Å². The number of fused-ring (bicyclic) bond motifs is 8. The molecular weight excluding hydrogens is 689 g/mol. The maximum absolute atomic E-state index is 5.58. The van der Waals surface area contributed by atoms with E-state index in [1.54, 1.807) is 0 Å². The van der Waals surface area contributed by atoms with E-state index in [9.17, 15) is 0 Å². The lowest BCUT2D eigenvalue weighted by atomic mass is 9.83. The minimum absolute atomic E-state index is 0.474. The second kappa shape index (κ2) is 13.8. The molecule has 282 valence electrons. The fraction of sp³-hybridized carbons (Fsp3) is 0.250. The minimum Gasteiger partial charge on any atom is -0.378 e. The van der Waals surface area contributed by atoms with Crippen LogP contribution in [0.1, 0.15) is 98.4 Å². The Kier molecular flexibility index (Phi) is 8.72. The Morgan fingerprint density at radius 3 is 0.964 bits per heavy atom. The number of aromatic nitrogens is 4. The number of dihydropyridines is 4. The first kappa shape index (κ1) is 35.4. The molecule has 6 aliphatic heterocycles. The zero-order valence-corrected chi connectivity index (χ0v) is 32.6. The average molecular weight is 739 g/mol. The van der Waals surface area contributed by atoms with Gasteiger partial charge in [0.2, 0.25) is 0 Å². The zero-order chi connectivity index (χ0) is 38.4. The van der Waals surface area contributed by atoms with E-state index in [0.717, 1.165) is 92.8 Å². The van der Waals surface area contributed by atoms with Crippen molar-refractivity contribution >= 4 is 46.4 Å². The molecule has 8 heteroatoms. The van der Waals surface area contributed by atoms with Gasteiger partial charge in [0.15, 0.2) is 0 Å². The van der Waals surface area contributed by atoms with Crippen LogP contribution < -0.4 is 21.3 Å². The molecule has 0 fully saturated rings. The van der Waals surface area contributed by atoms with Gasteiger partial charge in [-0.15, -0.1) is 0 Å². The Morgan fingerprint density at radius 2 is 0.661 bits per heavy atom. The summed E-state index contributed by atoms with van der Waals surface area (Å²) in [7, 11) is 0. The van der Waals surface area contributed by atoms with E-state index in [2.05, 4.69) is 181 Å². The summed E-state index contributed by atoms with van der Waals surface area (Å²) in [6.45, 7) is 8.92. The Balaban J connectivity index is 1.49. The van der Waals surface area contributed by atoms with Gasteiger partial charge in [0, 0.05) is 44.3 Å². The first-order valence-corrected chi connectivity index (χ1v) is 20.1. The van der Waals surface area contributed by atoms with Crippen molar-refractivity contribution in [1.82, 2.24) is 41.2 Å². The highest BCUT2D eigenvalue weighted by Crippen LogP contribution is 2.42. The van der Waals surface area contributed by atoms with Crippen molar-refractivity contribution in [3.63, 3.8) is 0 Å². The lowest BCUT2D eigenvalue weighted by Gasteiger charge is -2.34. The van der Waals surface area contributed by atoms with E-state index in [-0.39, 0.29) is 0 Å². The van der Waals surface area contributed by atoms with E-state index in [0.29, 0.717) is 0 Å². The highest BCUT2D eigenvalue weighted by molar-refractivity contribution is 5.86. The topological polar surface area (TPSA) is 105 Å². The molecule has 0 amide bonds. The number of allylic oxidation sites excluding steroid dienone is 8. The van der Waals surface area contributed by atoms with Gasteiger partial charge in [-0.2, -0.15) is 0 Å². The molecule has 4 atom stereocenters. The number of rotatable bonds is 8. The van der Waals surface area contributed by atoms with Crippen LogP contribution in [0.15, 0.2) is 122 Å². The lowest BCUT2D eigenvalue weighted by molar-refractivity contribution is 0.450. The van der Waals surface area contributed by atoms with Gasteiger partial charge in [-0.05, 0) is 123 Å². The van der Waals surface area contributed by atoms with Crippen molar-refractivity contribution < 1.29 is 0 Å². The molecule has 6 aliphatic rings. The third kappa shape index (κ3) is 5.49. The van der Waals surface area contributed by atoms with Gasteiger partial charge in [0.05, 0.1) is 44.9 Å². The molecule has 4 unspecified atom stereocenters. The largest absolute Gasteiger partial charge is 0.378 e. The molecule has 9 heterocycles. The maximum atomic E-state index is 5.58. The SMILES string of the molecule is CCC1(c2c3nc(c(C4(CC)C=CC=CN4)c4ccc([nH]4)c(C4(CC)C=CC=CN4)c4ccc([nH]4)c(C4(CC)C=CC=CN4)c4nc2C=C4)C=C3)C=CC=CN1. The van der Waals surface area contributed by atoms with Crippen LogP contribution in [0.5, 0.6) is 0 Å². The van der Waals surface area contributed by atoms with Crippen molar-refractivity contribution in [3.05, 3.63) is 167 Å². The number of nitrogens with one attached hydrogen (secondary N) is 6. The summed E-state index contributed by atoms with van der Waals surface area (Å²) < 4.78 is 0. The normalized spacial score (nSPS) is 26.6. The van der Waals surface area contributed by atoms with Crippen molar-refractivity contribution in [2.24, 2.45) is 0 Å². The summed E-state index contributed by atoms with van der Waals surface area (Å²) in [5.41, 5.74) is 10.1. The van der Waals surface area contributed by atoms with Crippen molar-refractivity contribution in [2.45, 2.75) is 75.5 Å². The molecule has 0 radical (unpaired) electrons. The first-order chi connectivity index (χ1) is 27.4. The van der Waals surface area contributed by atoms with Gasteiger partial charge >= 0.3 is 0 Å². The Bertz CT molecular complexity index is 2430. The summed E-state index contributed by atoms with van der Waals surface area (Å²) >= 11 is 0. The van der Waals surface area contributed by atoms with Crippen molar-refractivity contribution in [3.8, 4) is 0 Å². The predicted octanol–water partition coefficient (Wildman–Crippen LogP) is 9.77. The van der Waals surface area contributed by atoms with Gasteiger partial charge in [-0.25, -0.2) is 9.97 Å². The number of hydrogen-bond donors (Lipinski definition) is 6. The summed E-state index contributed by atoms with van der Waals surface area (Å²) in [5.74, 6) is 0. The summed E-state index contributed by atoms with van der Waals surface area (Å²) in [6, 6.07) is 8.92. The molecule has 3 aromatic heterocycles. The van der Waals surface area contributed by atoms with E-state index >= 15 is 0 Å². The molecular formula is C48H50N8. The zero-order valence-electron chi connectivity index (χ0n) is 32.6. The fourth-order valence-corrected chi connectivity index (χ4v) is 9.37. The number of nitrogens with zero attached hydrogens (tertiary/aromatic N) is 2. The highest BCUT2D eigenvalue weighted by Gasteiger charge is 2.38. The molecule has 0 aromatic carbocycles.